The maximum absolute atomic E-state index is 12.5. The molecular weight excluding hydrogens is 1080 g/mol. The van der Waals surface area contributed by atoms with Crippen molar-refractivity contribution in [3.8, 4) is 89.7 Å². The Morgan fingerprint density at radius 2 is 1.20 bits per heavy atom. The Hall–Kier alpha value is -7.13. The molecular formula is C69H66N3OPt-. The standard InChI is InChI=1S/C69H66N3O.Pt/c1-43(2)51-40-58(44(3)4)66(73)59(41-51)67-71-65-57(53-37-52(46-20-14-12-15-21-46)38-54(39-53)61-42-49(34-35-70-61)47-28-31-55(32-29-47)68(6,7)8)25-19-27-63(65)72(67)62-33-30-50(36-45(62)5)64-56(48-22-16-13-17-23-48)24-18-26-60(64)69(9,10)11;/h12-38,40-44,73H,1-11H3;/q-1;/i5D3;. The molecule has 0 aliphatic rings. The van der Waals surface area contributed by atoms with E-state index in [4.69, 9.17) is 9.97 Å². The normalized spacial score (nSPS) is 12.7. The third kappa shape index (κ3) is 10.1. The van der Waals surface area contributed by atoms with Crippen LogP contribution in [0.25, 0.3) is 95.0 Å². The number of imidazole rings is 1. The van der Waals surface area contributed by atoms with Gasteiger partial charge in [0.1, 0.15) is 11.6 Å². The summed E-state index contributed by atoms with van der Waals surface area (Å²) in [5, 5.41) is 12.5. The average Bonchev–Trinajstić information content (AvgIpc) is 3.79. The summed E-state index contributed by atoms with van der Waals surface area (Å²) in [5.41, 5.74) is 17.7. The van der Waals surface area contributed by atoms with Gasteiger partial charge >= 0.3 is 0 Å². The zero-order chi connectivity index (χ0) is 53.8. The molecule has 8 aromatic carbocycles. The van der Waals surface area contributed by atoms with Gasteiger partial charge in [-0.3, -0.25) is 9.55 Å². The fraction of sp³-hybridized carbons (Fsp3) is 0.217. The molecule has 0 saturated carbocycles. The Labute approximate surface area is 457 Å². The van der Waals surface area contributed by atoms with Gasteiger partial charge in [-0.2, -0.15) is 0 Å². The van der Waals surface area contributed by atoms with E-state index in [-0.39, 0.29) is 55.0 Å². The first kappa shape index (κ1) is 47.8. The van der Waals surface area contributed by atoms with E-state index >= 15 is 0 Å². The van der Waals surface area contributed by atoms with Crippen LogP contribution >= 0.6 is 0 Å². The summed E-state index contributed by atoms with van der Waals surface area (Å²) in [6.07, 6.45) is 1.86. The van der Waals surface area contributed by atoms with Crippen LogP contribution in [0.3, 0.4) is 0 Å². The Kier molecular flexibility index (Phi) is 13.3. The number of phenolic OH excluding ortho intramolecular Hbond substituents is 1. The van der Waals surface area contributed by atoms with Crippen molar-refractivity contribution in [1.29, 1.82) is 0 Å². The van der Waals surface area contributed by atoms with Crippen LogP contribution in [0.4, 0.5) is 0 Å². The first-order chi connectivity index (χ1) is 36.2. The summed E-state index contributed by atoms with van der Waals surface area (Å²) in [7, 11) is 0. The molecule has 0 unspecified atom stereocenters. The van der Waals surface area contributed by atoms with Crippen molar-refractivity contribution in [1.82, 2.24) is 14.5 Å². The van der Waals surface area contributed by atoms with Gasteiger partial charge in [-0.05, 0) is 127 Å². The molecule has 0 spiro atoms. The number of pyridine rings is 1. The fourth-order valence-electron chi connectivity index (χ4n) is 10.2. The zero-order valence-corrected chi connectivity index (χ0v) is 46.4. The Bertz CT molecular complexity index is 3770. The van der Waals surface area contributed by atoms with Crippen LogP contribution in [0, 0.1) is 12.9 Å². The Morgan fingerprint density at radius 1 is 0.554 bits per heavy atom. The van der Waals surface area contributed by atoms with Gasteiger partial charge in [-0.25, -0.2) is 4.98 Å². The summed E-state index contributed by atoms with van der Waals surface area (Å²) in [5.74, 6) is 0.686. The number of phenols is 1. The molecule has 0 atom stereocenters. The molecule has 0 saturated heterocycles. The topological polar surface area (TPSA) is 50.9 Å². The average molecular weight is 1150 g/mol. The van der Waals surface area contributed by atoms with Gasteiger partial charge in [0.15, 0.2) is 0 Å². The molecule has 0 fully saturated rings. The van der Waals surface area contributed by atoms with E-state index in [1.54, 1.807) is 0 Å². The number of hydrogen-bond donors (Lipinski definition) is 1. The molecule has 0 amide bonds. The smallest absolute Gasteiger partial charge is 0.148 e. The zero-order valence-electron chi connectivity index (χ0n) is 47.1. The number of benzene rings is 8. The molecule has 0 aliphatic heterocycles. The maximum atomic E-state index is 12.5. The van der Waals surface area contributed by atoms with E-state index in [1.807, 2.05) is 83.6 Å². The first-order valence-corrected chi connectivity index (χ1v) is 25.6. The molecule has 5 heteroatoms. The van der Waals surface area contributed by atoms with Gasteiger partial charge in [0, 0.05) is 37.1 Å². The van der Waals surface area contributed by atoms with Crippen molar-refractivity contribution in [2.24, 2.45) is 0 Å². The molecule has 4 nitrogen and oxygen atoms in total. The molecule has 74 heavy (non-hydrogen) atoms. The Balaban J connectivity index is 0.00000722. The number of aryl methyl sites for hydroxylation is 1. The molecule has 2 heterocycles. The van der Waals surface area contributed by atoms with Crippen molar-refractivity contribution in [2.75, 3.05) is 0 Å². The molecule has 0 radical (unpaired) electrons. The fourth-order valence-corrected chi connectivity index (χ4v) is 10.2. The van der Waals surface area contributed by atoms with Gasteiger partial charge in [-0.1, -0.05) is 219 Å². The second-order valence-electron chi connectivity index (χ2n) is 22.2. The van der Waals surface area contributed by atoms with Gasteiger partial charge in [0.25, 0.3) is 0 Å². The molecule has 1 N–H and O–H groups in total. The summed E-state index contributed by atoms with van der Waals surface area (Å²) in [6.45, 7) is 19.1. The number of fused-ring (bicyclic) bond motifs is 1. The van der Waals surface area contributed by atoms with Crippen LogP contribution in [0.2, 0.25) is 0 Å². The van der Waals surface area contributed by atoms with Gasteiger partial charge in [0.2, 0.25) is 0 Å². The van der Waals surface area contributed by atoms with Crippen molar-refractivity contribution < 1.29 is 30.3 Å². The van der Waals surface area contributed by atoms with Gasteiger partial charge in [-0.15, -0.1) is 23.8 Å². The molecule has 0 bridgehead atoms. The summed E-state index contributed by atoms with van der Waals surface area (Å²) in [6, 6.07) is 64.0. The molecule has 2 aromatic heterocycles. The van der Waals surface area contributed by atoms with Crippen LogP contribution in [-0.2, 0) is 31.9 Å². The van der Waals surface area contributed by atoms with Crippen LogP contribution in [-0.4, -0.2) is 19.6 Å². The van der Waals surface area contributed by atoms with Crippen LogP contribution in [0.1, 0.15) is 113 Å². The van der Waals surface area contributed by atoms with E-state index in [9.17, 15) is 9.22 Å². The van der Waals surface area contributed by atoms with E-state index in [2.05, 4.69) is 178 Å². The summed E-state index contributed by atoms with van der Waals surface area (Å²) in [4.78, 5) is 10.5. The maximum Gasteiger partial charge on any atom is 0.148 e. The van der Waals surface area contributed by atoms with E-state index < -0.39 is 6.85 Å². The SMILES string of the molecule is [2H]C([2H])([2H])c1cc(-c2c(-c3ccccc3)cccc2C(C)(C)C)ccc1-n1c(-c2cc(C(C)C)cc(C(C)C)c2O)nc2c(-c3[c-]c(-c4cc(-c5ccc(C(C)(C)C)cc5)ccn4)cc(-c4ccccc4)c3)cccc21.[Pt]. The largest absolute Gasteiger partial charge is 0.507 e. The summed E-state index contributed by atoms with van der Waals surface area (Å²) >= 11 is 0. The number of aromatic nitrogens is 3. The van der Waals surface area contributed by atoms with Crippen molar-refractivity contribution in [3.63, 3.8) is 0 Å². The number of aromatic hydroxyl groups is 1. The quantitative estimate of drug-likeness (QED) is 0.139. The van der Waals surface area contributed by atoms with Crippen LogP contribution in [0.15, 0.2) is 182 Å². The second-order valence-corrected chi connectivity index (χ2v) is 22.2. The first-order valence-electron chi connectivity index (χ1n) is 27.1. The van der Waals surface area contributed by atoms with Crippen molar-refractivity contribution in [3.05, 3.63) is 216 Å². The van der Waals surface area contributed by atoms with Crippen LogP contribution < -0.4 is 0 Å². The third-order valence-corrected chi connectivity index (χ3v) is 14.2. The minimum Gasteiger partial charge on any atom is -0.507 e. The van der Waals surface area contributed by atoms with Crippen molar-refractivity contribution in [2.45, 2.75) is 98.8 Å². The van der Waals surface area contributed by atoms with Gasteiger partial charge in [0.05, 0.1) is 22.3 Å². The summed E-state index contributed by atoms with van der Waals surface area (Å²) < 4.78 is 29.9. The minimum atomic E-state index is -2.56. The molecule has 10 rings (SSSR count). The predicted molar refractivity (Wildman–Crippen MR) is 308 cm³/mol. The number of para-hydroxylation sites is 1. The predicted octanol–water partition coefficient (Wildman–Crippen LogP) is 18.7. The minimum absolute atomic E-state index is 0. The van der Waals surface area contributed by atoms with Crippen molar-refractivity contribution >= 4 is 11.0 Å². The van der Waals surface area contributed by atoms with E-state index in [0.29, 0.717) is 28.1 Å². The number of nitrogens with zero attached hydrogens (tertiary/aromatic N) is 3. The monoisotopic (exact) mass is 1150 g/mol. The second kappa shape index (κ2) is 20.6. The molecule has 0 aliphatic carbocycles. The van der Waals surface area contributed by atoms with Gasteiger partial charge < -0.3 is 5.11 Å². The number of rotatable bonds is 10. The third-order valence-electron chi connectivity index (χ3n) is 14.2. The molecule has 10 aromatic rings. The van der Waals surface area contributed by atoms with E-state index in [1.165, 1.54) is 5.56 Å². The van der Waals surface area contributed by atoms with Crippen LogP contribution in [0.5, 0.6) is 5.75 Å². The van der Waals surface area contributed by atoms with E-state index in [0.717, 1.165) is 83.6 Å². The molecule has 374 valence electrons. The number of hydrogen-bond acceptors (Lipinski definition) is 3. The Morgan fingerprint density at radius 3 is 1.86 bits per heavy atom.